The van der Waals surface area contributed by atoms with Crippen LogP contribution in [0.2, 0.25) is 0 Å². The number of aromatic nitrogens is 2. The largest absolute Gasteiger partial charge is 0.459 e. The van der Waals surface area contributed by atoms with Crippen LogP contribution in [0.5, 0.6) is 0 Å². The van der Waals surface area contributed by atoms with E-state index >= 15 is 0 Å². The van der Waals surface area contributed by atoms with E-state index in [1.165, 1.54) is 31.9 Å². The lowest BCUT2D eigenvalue weighted by molar-refractivity contribution is 0.0515. The first-order valence-electron chi connectivity index (χ1n) is 9.91. The molecule has 1 saturated heterocycles. The van der Waals surface area contributed by atoms with Crippen LogP contribution in [0.25, 0.3) is 0 Å². The number of carbonyl (C=O) groups excluding carboxylic acids is 2. The molecule has 2 amide bonds. The van der Waals surface area contributed by atoms with E-state index in [0.29, 0.717) is 49.5 Å². The van der Waals surface area contributed by atoms with Crippen molar-refractivity contribution in [1.29, 1.82) is 0 Å². The number of anilines is 1. The first-order valence-corrected chi connectivity index (χ1v) is 9.91. The molecule has 1 saturated carbocycles. The zero-order valence-corrected chi connectivity index (χ0v) is 15.8. The Balaban J connectivity index is 1.34. The van der Waals surface area contributed by atoms with Gasteiger partial charge < -0.3 is 19.5 Å². The summed E-state index contributed by atoms with van der Waals surface area (Å²) in [6.45, 7) is 1.90. The van der Waals surface area contributed by atoms with Gasteiger partial charge in [-0.05, 0) is 25.0 Å². The van der Waals surface area contributed by atoms with Crippen molar-refractivity contribution in [2.24, 2.45) is 0 Å². The maximum absolute atomic E-state index is 12.8. The maximum Gasteiger partial charge on any atom is 0.289 e. The molecule has 3 heterocycles. The lowest BCUT2D eigenvalue weighted by atomic mass is 9.95. The van der Waals surface area contributed by atoms with E-state index < -0.39 is 0 Å². The minimum atomic E-state index is -0.141. The minimum Gasteiger partial charge on any atom is -0.459 e. The molecule has 0 unspecified atom stereocenters. The zero-order valence-electron chi connectivity index (χ0n) is 15.8. The Morgan fingerprint density at radius 1 is 1.00 bits per heavy atom. The Hall–Kier alpha value is -2.90. The van der Waals surface area contributed by atoms with Crippen molar-refractivity contribution in [2.75, 3.05) is 31.5 Å². The summed E-state index contributed by atoms with van der Waals surface area (Å²) < 4.78 is 5.17. The monoisotopic (exact) mass is 383 g/mol. The Bertz CT molecular complexity index is 809. The fourth-order valence-corrected chi connectivity index (χ4v) is 3.84. The fourth-order valence-electron chi connectivity index (χ4n) is 3.84. The molecule has 1 aliphatic heterocycles. The predicted octanol–water partition coefficient (Wildman–Crippen LogP) is 2.41. The highest BCUT2D eigenvalue weighted by Crippen LogP contribution is 2.21. The van der Waals surface area contributed by atoms with E-state index in [4.69, 9.17) is 4.42 Å². The third-order valence-corrected chi connectivity index (χ3v) is 5.43. The summed E-state index contributed by atoms with van der Waals surface area (Å²) in [5, 5.41) is 3.43. The summed E-state index contributed by atoms with van der Waals surface area (Å²) in [7, 11) is 0. The summed E-state index contributed by atoms with van der Waals surface area (Å²) in [4.78, 5) is 37.1. The van der Waals surface area contributed by atoms with E-state index in [1.54, 1.807) is 28.0 Å². The molecular formula is C20H25N5O3. The molecule has 1 aliphatic carbocycles. The van der Waals surface area contributed by atoms with Crippen molar-refractivity contribution in [1.82, 2.24) is 19.8 Å². The molecule has 2 fully saturated rings. The molecule has 0 aromatic carbocycles. The van der Waals surface area contributed by atoms with Gasteiger partial charge in [-0.3, -0.25) is 9.59 Å². The summed E-state index contributed by atoms with van der Waals surface area (Å²) in [6, 6.07) is 5.50. The van der Waals surface area contributed by atoms with E-state index in [-0.39, 0.29) is 11.8 Å². The van der Waals surface area contributed by atoms with Gasteiger partial charge in [0.25, 0.3) is 11.8 Å². The molecule has 8 heteroatoms. The van der Waals surface area contributed by atoms with Crippen LogP contribution < -0.4 is 5.32 Å². The second-order valence-corrected chi connectivity index (χ2v) is 7.33. The van der Waals surface area contributed by atoms with Gasteiger partial charge in [0.15, 0.2) is 5.76 Å². The number of carbonyl (C=O) groups is 2. The molecule has 0 bridgehead atoms. The van der Waals surface area contributed by atoms with Crippen LogP contribution >= 0.6 is 0 Å². The summed E-state index contributed by atoms with van der Waals surface area (Å²) in [5.74, 6) is 0.767. The van der Waals surface area contributed by atoms with Gasteiger partial charge in [0.2, 0.25) is 0 Å². The second kappa shape index (κ2) is 8.41. The highest BCUT2D eigenvalue weighted by molar-refractivity contribution is 5.94. The van der Waals surface area contributed by atoms with Crippen LogP contribution in [-0.2, 0) is 0 Å². The topological polar surface area (TPSA) is 91.6 Å². The Morgan fingerprint density at radius 2 is 1.71 bits per heavy atom. The van der Waals surface area contributed by atoms with Gasteiger partial charge in [0.05, 0.1) is 6.26 Å². The minimum absolute atomic E-state index is 0.126. The van der Waals surface area contributed by atoms with E-state index in [1.807, 2.05) is 0 Å². The van der Waals surface area contributed by atoms with Gasteiger partial charge in [-0.25, -0.2) is 9.97 Å². The molecule has 2 aromatic heterocycles. The van der Waals surface area contributed by atoms with Gasteiger partial charge in [-0.15, -0.1) is 0 Å². The molecule has 0 radical (unpaired) electrons. The zero-order chi connectivity index (χ0) is 19.3. The molecule has 0 spiro atoms. The lowest BCUT2D eigenvalue weighted by Crippen LogP contribution is -2.50. The lowest BCUT2D eigenvalue weighted by Gasteiger charge is -2.34. The number of nitrogens with zero attached hydrogens (tertiary/aromatic N) is 4. The van der Waals surface area contributed by atoms with Crippen LogP contribution in [0.1, 0.15) is 53.1 Å². The summed E-state index contributed by atoms with van der Waals surface area (Å²) in [6.07, 6.45) is 8.96. The van der Waals surface area contributed by atoms with Gasteiger partial charge >= 0.3 is 0 Å². The van der Waals surface area contributed by atoms with Crippen molar-refractivity contribution >= 4 is 17.6 Å². The average Bonchev–Trinajstić information content (AvgIpc) is 3.29. The summed E-state index contributed by atoms with van der Waals surface area (Å²) in [5.41, 5.74) is 0.388. The first-order chi connectivity index (χ1) is 13.7. The normalized spacial score (nSPS) is 18.1. The second-order valence-electron chi connectivity index (χ2n) is 7.33. The predicted molar refractivity (Wildman–Crippen MR) is 103 cm³/mol. The standard InChI is InChI=1S/C20H25N5O3/c26-19(16-13-18(22-14-21-16)23-15-5-2-1-3-6-15)24-8-10-25(11-9-24)20(27)17-7-4-12-28-17/h4,7,12-15H,1-3,5-6,8-11H2,(H,21,22,23). The number of furan rings is 1. The Labute approximate surface area is 163 Å². The van der Waals surface area contributed by atoms with Crippen LogP contribution in [0, 0.1) is 0 Å². The van der Waals surface area contributed by atoms with Gasteiger partial charge in [-0.2, -0.15) is 0 Å². The molecule has 8 nitrogen and oxygen atoms in total. The molecule has 28 heavy (non-hydrogen) atoms. The van der Waals surface area contributed by atoms with Crippen molar-refractivity contribution in [3.05, 3.63) is 42.2 Å². The van der Waals surface area contributed by atoms with E-state index in [0.717, 1.165) is 12.8 Å². The van der Waals surface area contributed by atoms with Crippen LogP contribution in [0.3, 0.4) is 0 Å². The Morgan fingerprint density at radius 3 is 2.39 bits per heavy atom. The van der Waals surface area contributed by atoms with Crippen LogP contribution in [-0.4, -0.2) is 63.8 Å². The quantitative estimate of drug-likeness (QED) is 0.872. The molecule has 1 N–H and O–H groups in total. The number of nitrogens with one attached hydrogen (secondary N) is 1. The van der Waals surface area contributed by atoms with Gasteiger partial charge in [-0.1, -0.05) is 19.3 Å². The highest BCUT2D eigenvalue weighted by atomic mass is 16.3. The Kier molecular flexibility index (Phi) is 5.55. The molecule has 2 aliphatic rings. The van der Waals surface area contributed by atoms with Crippen molar-refractivity contribution < 1.29 is 14.0 Å². The SMILES string of the molecule is O=C(c1cc(NC2CCCCC2)ncn1)N1CCN(C(=O)c2ccco2)CC1. The number of rotatable bonds is 4. The average molecular weight is 383 g/mol. The third-order valence-electron chi connectivity index (χ3n) is 5.43. The van der Waals surface area contributed by atoms with Crippen molar-refractivity contribution in [3.8, 4) is 0 Å². The smallest absolute Gasteiger partial charge is 0.289 e. The molecule has 2 aromatic rings. The third kappa shape index (κ3) is 4.16. The molecule has 4 rings (SSSR count). The van der Waals surface area contributed by atoms with Gasteiger partial charge in [0, 0.05) is 38.3 Å². The number of amides is 2. The van der Waals surface area contributed by atoms with Crippen molar-refractivity contribution in [2.45, 2.75) is 38.1 Å². The number of hydrogen-bond donors (Lipinski definition) is 1. The van der Waals surface area contributed by atoms with Crippen LogP contribution in [0.15, 0.2) is 35.2 Å². The summed E-state index contributed by atoms with van der Waals surface area (Å²) >= 11 is 0. The van der Waals surface area contributed by atoms with E-state index in [9.17, 15) is 9.59 Å². The molecule has 0 atom stereocenters. The first kappa shape index (κ1) is 18.5. The van der Waals surface area contributed by atoms with E-state index in [2.05, 4.69) is 15.3 Å². The van der Waals surface area contributed by atoms with Crippen LogP contribution in [0.4, 0.5) is 5.82 Å². The molecular weight excluding hydrogens is 358 g/mol. The van der Waals surface area contributed by atoms with Gasteiger partial charge in [0.1, 0.15) is 17.8 Å². The highest BCUT2D eigenvalue weighted by Gasteiger charge is 2.27. The number of hydrogen-bond acceptors (Lipinski definition) is 6. The maximum atomic E-state index is 12.8. The molecule has 148 valence electrons. The number of piperazine rings is 1. The fraction of sp³-hybridized carbons (Fsp3) is 0.500. The van der Waals surface area contributed by atoms with Crippen molar-refractivity contribution in [3.63, 3.8) is 0 Å².